The highest BCUT2D eigenvalue weighted by Gasteiger charge is 2.19. The van der Waals surface area contributed by atoms with Crippen molar-refractivity contribution in [3.63, 3.8) is 0 Å². The van der Waals surface area contributed by atoms with Crippen molar-refractivity contribution in [2.45, 2.75) is 13.8 Å². The minimum Gasteiger partial charge on any atom is -0.322 e. The maximum Gasteiger partial charge on any atom is 0.257 e. The average molecular weight is 332 g/mol. The molecule has 0 saturated carbocycles. The van der Waals surface area contributed by atoms with Gasteiger partial charge >= 0.3 is 0 Å². The van der Waals surface area contributed by atoms with E-state index in [9.17, 15) is 13.2 Å². The standard InChI is InChI=1S/C17H20N2O3S/c1-12-9-10-13(2)15(11-12)18-17(20)14-7-5-6-8-16(14)19(3)23(4,21)22/h5-11H,1-4H3,(H,18,20). The number of amides is 1. The number of nitrogens with one attached hydrogen (secondary N) is 1. The molecule has 6 heteroatoms. The number of carbonyl (C=O) groups excluding carboxylic acids is 1. The number of hydrogen-bond donors (Lipinski definition) is 1. The number of sulfonamides is 1. The van der Waals surface area contributed by atoms with Crippen LogP contribution in [0.4, 0.5) is 11.4 Å². The third kappa shape index (κ3) is 3.90. The Morgan fingerprint density at radius 2 is 1.74 bits per heavy atom. The fourth-order valence-electron chi connectivity index (χ4n) is 2.18. The van der Waals surface area contributed by atoms with Crippen molar-refractivity contribution in [2.24, 2.45) is 0 Å². The predicted octanol–water partition coefficient (Wildman–Crippen LogP) is 2.95. The summed E-state index contributed by atoms with van der Waals surface area (Å²) >= 11 is 0. The monoisotopic (exact) mass is 332 g/mol. The number of aryl methyl sites for hydroxylation is 2. The summed E-state index contributed by atoms with van der Waals surface area (Å²) in [4.78, 5) is 12.6. The molecule has 5 nitrogen and oxygen atoms in total. The maximum atomic E-state index is 12.6. The minimum atomic E-state index is -3.45. The average Bonchev–Trinajstić information content (AvgIpc) is 2.49. The Bertz CT molecular complexity index is 845. The van der Waals surface area contributed by atoms with Gasteiger partial charge in [0.2, 0.25) is 10.0 Å². The Morgan fingerprint density at radius 1 is 1.09 bits per heavy atom. The number of carbonyl (C=O) groups is 1. The zero-order valence-corrected chi connectivity index (χ0v) is 14.4. The van der Waals surface area contributed by atoms with E-state index in [4.69, 9.17) is 0 Å². The molecule has 0 saturated heterocycles. The predicted molar refractivity (Wildman–Crippen MR) is 93.6 cm³/mol. The first-order valence-corrected chi connectivity index (χ1v) is 8.96. The molecule has 0 heterocycles. The third-order valence-electron chi connectivity index (χ3n) is 3.63. The van der Waals surface area contributed by atoms with Crippen molar-refractivity contribution >= 4 is 27.3 Å². The van der Waals surface area contributed by atoms with Gasteiger partial charge in [0.25, 0.3) is 5.91 Å². The molecule has 0 unspecified atom stereocenters. The molecule has 122 valence electrons. The van der Waals surface area contributed by atoms with E-state index in [-0.39, 0.29) is 5.91 Å². The summed E-state index contributed by atoms with van der Waals surface area (Å²) in [6, 6.07) is 12.4. The molecule has 0 fully saturated rings. The topological polar surface area (TPSA) is 66.5 Å². The number of anilines is 2. The fourth-order valence-corrected chi connectivity index (χ4v) is 2.70. The summed E-state index contributed by atoms with van der Waals surface area (Å²) in [6.45, 7) is 3.85. The van der Waals surface area contributed by atoms with Crippen LogP contribution in [0.25, 0.3) is 0 Å². The maximum absolute atomic E-state index is 12.6. The van der Waals surface area contributed by atoms with E-state index in [0.29, 0.717) is 16.9 Å². The first kappa shape index (κ1) is 17.0. The molecule has 0 aliphatic rings. The molecule has 0 aromatic heterocycles. The molecule has 0 atom stereocenters. The Balaban J connectivity index is 2.39. The van der Waals surface area contributed by atoms with E-state index >= 15 is 0 Å². The van der Waals surface area contributed by atoms with Crippen LogP contribution in [0.15, 0.2) is 42.5 Å². The van der Waals surface area contributed by atoms with Crippen molar-refractivity contribution in [1.29, 1.82) is 0 Å². The lowest BCUT2D eigenvalue weighted by Crippen LogP contribution is -2.27. The van der Waals surface area contributed by atoms with Crippen LogP contribution in [0.2, 0.25) is 0 Å². The number of rotatable bonds is 4. The number of nitrogens with zero attached hydrogens (tertiary/aromatic N) is 1. The van der Waals surface area contributed by atoms with Crippen LogP contribution in [0.3, 0.4) is 0 Å². The quantitative estimate of drug-likeness (QED) is 0.936. The van der Waals surface area contributed by atoms with Gasteiger partial charge in [-0.3, -0.25) is 9.10 Å². The molecule has 0 aliphatic heterocycles. The highest BCUT2D eigenvalue weighted by atomic mass is 32.2. The van der Waals surface area contributed by atoms with Crippen molar-refractivity contribution in [2.75, 3.05) is 22.9 Å². The van der Waals surface area contributed by atoms with Crippen molar-refractivity contribution in [1.82, 2.24) is 0 Å². The molecule has 23 heavy (non-hydrogen) atoms. The lowest BCUT2D eigenvalue weighted by Gasteiger charge is -2.20. The van der Waals surface area contributed by atoms with E-state index < -0.39 is 10.0 Å². The van der Waals surface area contributed by atoms with Gasteiger partial charge in [-0.15, -0.1) is 0 Å². The first-order chi connectivity index (χ1) is 10.7. The van der Waals surface area contributed by atoms with E-state index in [1.165, 1.54) is 7.05 Å². The SMILES string of the molecule is Cc1ccc(C)c(NC(=O)c2ccccc2N(C)S(C)(=O)=O)c1. The van der Waals surface area contributed by atoms with Crippen LogP contribution < -0.4 is 9.62 Å². The van der Waals surface area contributed by atoms with Gasteiger partial charge in [-0.1, -0.05) is 24.3 Å². The van der Waals surface area contributed by atoms with Crippen molar-refractivity contribution < 1.29 is 13.2 Å². The van der Waals surface area contributed by atoms with Crippen LogP contribution in [0.5, 0.6) is 0 Å². The second-order valence-corrected chi connectivity index (χ2v) is 7.53. The summed E-state index contributed by atoms with van der Waals surface area (Å²) in [5.41, 5.74) is 3.34. The summed E-state index contributed by atoms with van der Waals surface area (Å²) in [5.74, 6) is -0.343. The van der Waals surface area contributed by atoms with Gasteiger partial charge in [-0.2, -0.15) is 0 Å². The van der Waals surface area contributed by atoms with Gasteiger partial charge in [0, 0.05) is 12.7 Å². The van der Waals surface area contributed by atoms with Gasteiger partial charge < -0.3 is 5.32 Å². The highest BCUT2D eigenvalue weighted by Crippen LogP contribution is 2.24. The Labute approximate surface area is 137 Å². The largest absolute Gasteiger partial charge is 0.322 e. The van der Waals surface area contributed by atoms with E-state index in [1.807, 2.05) is 32.0 Å². The van der Waals surface area contributed by atoms with Gasteiger partial charge in [0.15, 0.2) is 0 Å². The first-order valence-electron chi connectivity index (χ1n) is 7.11. The molecule has 2 aromatic carbocycles. The molecule has 0 radical (unpaired) electrons. The lowest BCUT2D eigenvalue weighted by atomic mass is 10.1. The molecule has 2 rings (SSSR count). The minimum absolute atomic E-state index is 0.307. The highest BCUT2D eigenvalue weighted by molar-refractivity contribution is 7.92. The lowest BCUT2D eigenvalue weighted by molar-refractivity contribution is 0.102. The number of benzene rings is 2. The van der Waals surface area contributed by atoms with E-state index in [1.54, 1.807) is 24.3 Å². The zero-order chi connectivity index (χ0) is 17.2. The number of para-hydroxylation sites is 1. The van der Waals surface area contributed by atoms with Gasteiger partial charge in [0.05, 0.1) is 17.5 Å². The molecular weight excluding hydrogens is 312 g/mol. The van der Waals surface area contributed by atoms with Crippen LogP contribution in [0, 0.1) is 13.8 Å². The van der Waals surface area contributed by atoms with Crippen LogP contribution in [-0.4, -0.2) is 27.6 Å². The second kappa shape index (κ2) is 6.42. The van der Waals surface area contributed by atoms with Crippen molar-refractivity contribution in [3.8, 4) is 0 Å². The summed E-state index contributed by atoms with van der Waals surface area (Å²) < 4.78 is 24.6. The van der Waals surface area contributed by atoms with Crippen molar-refractivity contribution in [3.05, 3.63) is 59.2 Å². The molecule has 1 amide bonds. The fraction of sp³-hybridized carbons (Fsp3) is 0.235. The van der Waals surface area contributed by atoms with Gasteiger partial charge in [-0.25, -0.2) is 8.42 Å². The molecule has 0 bridgehead atoms. The van der Waals surface area contributed by atoms with E-state index in [2.05, 4.69) is 5.32 Å². The molecule has 1 N–H and O–H groups in total. The second-order valence-electron chi connectivity index (χ2n) is 5.52. The van der Waals surface area contributed by atoms with Gasteiger partial charge in [-0.05, 0) is 43.2 Å². The molecule has 0 spiro atoms. The van der Waals surface area contributed by atoms with Crippen LogP contribution in [-0.2, 0) is 10.0 Å². The Kier molecular flexibility index (Phi) is 4.75. The summed E-state index contributed by atoms with van der Waals surface area (Å²) in [5, 5.41) is 2.85. The Morgan fingerprint density at radius 3 is 2.39 bits per heavy atom. The summed E-state index contributed by atoms with van der Waals surface area (Å²) in [7, 11) is -2.02. The number of hydrogen-bond acceptors (Lipinski definition) is 3. The molecular formula is C17H20N2O3S. The van der Waals surface area contributed by atoms with Crippen LogP contribution in [0.1, 0.15) is 21.5 Å². The van der Waals surface area contributed by atoms with E-state index in [0.717, 1.165) is 21.7 Å². The van der Waals surface area contributed by atoms with Gasteiger partial charge in [0.1, 0.15) is 0 Å². The van der Waals surface area contributed by atoms with Crippen LogP contribution >= 0.6 is 0 Å². The zero-order valence-electron chi connectivity index (χ0n) is 13.6. The molecule has 0 aliphatic carbocycles. The smallest absolute Gasteiger partial charge is 0.257 e. The normalized spacial score (nSPS) is 11.1. The third-order valence-corrected chi connectivity index (χ3v) is 4.82. The summed E-state index contributed by atoms with van der Waals surface area (Å²) in [6.07, 6.45) is 1.10. The Hall–Kier alpha value is -2.34. The molecule has 2 aromatic rings.